The standard InChI is InChI=1S/C22H31N2O.C2H6O.HI/c1-24(16-7-4-8-17-24)18-15-23(19-20-9-5-3-6-10-20)21-11-13-22(25-2)14-12-21;1-2-3;/h3,5-6,9-14H,4,7-8,15-19H2,1-2H3;3H,2H2,1H3;1H/q+1;;/p-1. The van der Waals surface area contributed by atoms with E-state index >= 15 is 0 Å². The number of hydrogen-bond donors (Lipinski definition) is 1. The number of likely N-dealkylation sites (N-methyl/N-ethyl adjacent to an activating group) is 1. The quantitative estimate of drug-likeness (QED) is 0.449. The van der Waals surface area contributed by atoms with Crippen LogP contribution in [0.25, 0.3) is 0 Å². The van der Waals surface area contributed by atoms with Crippen LogP contribution in [0.4, 0.5) is 5.69 Å². The molecular weight excluding hydrogens is 475 g/mol. The Kier molecular flexibility index (Phi) is 12.3. The first kappa shape index (κ1) is 25.7. The number of nitrogens with zero attached hydrogens (tertiary/aromatic N) is 2. The molecule has 0 amide bonds. The van der Waals surface area contributed by atoms with Crippen LogP contribution in [0.1, 0.15) is 31.7 Å². The maximum Gasteiger partial charge on any atom is 0.119 e. The molecule has 1 aliphatic heterocycles. The molecule has 0 aliphatic carbocycles. The second-order valence-corrected chi connectivity index (χ2v) is 7.77. The SMILES string of the molecule is CCO.COc1ccc(N(CC[N+]2(C)CCCCC2)Cc2ccccc2)cc1.[I-]. The van der Waals surface area contributed by atoms with Gasteiger partial charge < -0.3 is 43.2 Å². The number of ether oxygens (including phenoxy) is 1. The Morgan fingerprint density at radius 3 is 2.10 bits per heavy atom. The minimum atomic E-state index is 0. The topological polar surface area (TPSA) is 32.7 Å². The Bertz CT molecular complexity index is 658. The van der Waals surface area contributed by atoms with Gasteiger partial charge in [0.1, 0.15) is 5.75 Å². The molecule has 5 heteroatoms. The van der Waals surface area contributed by atoms with Crippen LogP contribution in [0.5, 0.6) is 5.75 Å². The molecule has 1 fully saturated rings. The highest BCUT2D eigenvalue weighted by Crippen LogP contribution is 2.23. The Hall–Kier alpha value is -1.31. The molecule has 4 nitrogen and oxygen atoms in total. The van der Waals surface area contributed by atoms with Crippen LogP contribution in [-0.4, -0.2) is 56.5 Å². The highest BCUT2D eigenvalue weighted by atomic mass is 127. The van der Waals surface area contributed by atoms with Gasteiger partial charge in [-0.1, -0.05) is 30.3 Å². The molecule has 3 rings (SSSR count). The molecule has 0 saturated carbocycles. The van der Waals surface area contributed by atoms with E-state index in [0.29, 0.717) is 0 Å². The first-order valence-corrected chi connectivity index (χ1v) is 10.5. The van der Waals surface area contributed by atoms with Crippen LogP contribution < -0.4 is 33.6 Å². The van der Waals surface area contributed by atoms with Crippen molar-refractivity contribution in [1.82, 2.24) is 0 Å². The van der Waals surface area contributed by atoms with Crippen molar-refractivity contribution in [2.75, 3.05) is 51.8 Å². The molecule has 2 aromatic carbocycles. The number of methoxy groups -OCH3 is 1. The molecule has 1 N–H and O–H groups in total. The zero-order valence-electron chi connectivity index (χ0n) is 18.2. The number of anilines is 1. The molecule has 29 heavy (non-hydrogen) atoms. The van der Waals surface area contributed by atoms with Crippen LogP contribution >= 0.6 is 0 Å². The molecule has 0 radical (unpaired) electrons. The molecule has 0 spiro atoms. The lowest BCUT2D eigenvalue weighted by atomic mass is 10.1. The number of hydrogen-bond acceptors (Lipinski definition) is 3. The van der Waals surface area contributed by atoms with Gasteiger partial charge in [0.2, 0.25) is 0 Å². The summed E-state index contributed by atoms with van der Waals surface area (Å²) in [6.07, 6.45) is 4.15. The molecule has 0 aromatic heterocycles. The van der Waals surface area contributed by atoms with E-state index in [4.69, 9.17) is 9.84 Å². The minimum Gasteiger partial charge on any atom is -1.00 e. The van der Waals surface area contributed by atoms with E-state index in [-0.39, 0.29) is 30.6 Å². The highest BCUT2D eigenvalue weighted by Gasteiger charge is 2.25. The van der Waals surface area contributed by atoms with Crippen LogP contribution in [0.2, 0.25) is 0 Å². The van der Waals surface area contributed by atoms with Crippen molar-refractivity contribution in [1.29, 1.82) is 0 Å². The fourth-order valence-electron chi connectivity index (χ4n) is 3.76. The van der Waals surface area contributed by atoms with Gasteiger partial charge in [0.05, 0.1) is 40.3 Å². The van der Waals surface area contributed by atoms with Gasteiger partial charge in [-0.2, -0.15) is 0 Å². The monoisotopic (exact) mass is 512 g/mol. The molecule has 1 aliphatic rings. The zero-order valence-corrected chi connectivity index (χ0v) is 20.3. The van der Waals surface area contributed by atoms with E-state index in [2.05, 4.69) is 66.5 Å². The summed E-state index contributed by atoms with van der Waals surface area (Å²) in [6, 6.07) is 19.2. The summed E-state index contributed by atoms with van der Waals surface area (Å²) in [4.78, 5) is 2.51. The summed E-state index contributed by atoms with van der Waals surface area (Å²) in [6.45, 7) is 7.81. The first-order chi connectivity index (χ1) is 13.6. The van der Waals surface area contributed by atoms with Gasteiger partial charge in [-0.15, -0.1) is 0 Å². The Morgan fingerprint density at radius 1 is 0.966 bits per heavy atom. The van der Waals surface area contributed by atoms with Crippen molar-refractivity contribution in [2.45, 2.75) is 32.7 Å². The van der Waals surface area contributed by atoms with Gasteiger partial charge in [-0.3, -0.25) is 0 Å². The van der Waals surface area contributed by atoms with E-state index in [0.717, 1.165) is 18.8 Å². The van der Waals surface area contributed by atoms with Gasteiger partial charge in [-0.25, -0.2) is 0 Å². The van der Waals surface area contributed by atoms with Crippen molar-refractivity contribution in [3.05, 3.63) is 60.2 Å². The van der Waals surface area contributed by atoms with Crippen LogP contribution in [0, 0.1) is 0 Å². The molecule has 0 bridgehead atoms. The number of likely N-dealkylation sites (tertiary alicyclic amines) is 1. The number of rotatable bonds is 7. The van der Waals surface area contributed by atoms with Gasteiger partial charge in [0.25, 0.3) is 0 Å². The van der Waals surface area contributed by atoms with Gasteiger partial charge in [-0.05, 0) is 56.0 Å². The maximum atomic E-state index is 7.57. The summed E-state index contributed by atoms with van der Waals surface area (Å²) in [5.74, 6) is 0.915. The summed E-state index contributed by atoms with van der Waals surface area (Å²) in [5, 5.41) is 7.57. The fraction of sp³-hybridized carbons (Fsp3) is 0.500. The second-order valence-electron chi connectivity index (χ2n) is 7.77. The van der Waals surface area contributed by atoms with Crippen molar-refractivity contribution in [3.63, 3.8) is 0 Å². The molecule has 162 valence electrons. The van der Waals surface area contributed by atoms with E-state index < -0.39 is 0 Å². The summed E-state index contributed by atoms with van der Waals surface area (Å²) in [5.41, 5.74) is 2.63. The molecule has 1 saturated heterocycles. The van der Waals surface area contributed by atoms with E-state index in [9.17, 15) is 0 Å². The lowest BCUT2D eigenvalue weighted by molar-refractivity contribution is -0.912. The molecule has 0 atom stereocenters. The maximum absolute atomic E-state index is 7.57. The summed E-state index contributed by atoms with van der Waals surface area (Å²) in [7, 11) is 4.14. The number of benzene rings is 2. The predicted molar refractivity (Wildman–Crippen MR) is 118 cm³/mol. The lowest BCUT2D eigenvalue weighted by Crippen LogP contribution is -3.00. The smallest absolute Gasteiger partial charge is 0.119 e. The van der Waals surface area contributed by atoms with Gasteiger partial charge >= 0.3 is 0 Å². The Balaban J connectivity index is 0.000000990. The third-order valence-electron chi connectivity index (χ3n) is 5.46. The normalized spacial score (nSPS) is 14.8. The number of piperidine rings is 1. The number of quaternary nitrogens is 1. The third-order valence-corrected chi connectivity index (χ3v) is 5.46. The molecule has 1 heterocycles. The average Bonchev–Trinajstić information content (AvgIpc) is 2.73. The third kappa shape index (κ3) is 8.93. The highest BCUT2D eigenvalue weighted by molar-refractivity contribution is 5.49. The largest absolute Gasteiger partial charge is 1.00 e. The fourth-order valence-corrected chi connectivity index (χ4v) is 3.76. The van der Waals surface area contributed by atoms with E-state index in [1.54, 1.807) is 14.0 Å². The lowest BCUT2D eigenvalue weighted by Gasteiger charge is -2.39. The number of aliphatic hydroxyl groups is 1. The van der Waals surface area contributed by atoms with Crippen molar-refractivity contribution in [3.8, 4) is 5.75 Å². The van der Waals surface area contributed by atoms with Crippen LogP contribution in [-0.2, 0) is 6.54 Å². The van der Waals surface area contributed by atoms with Crippen molar-refractivity contribution in [2.24, 2.45) is 0 Å². The number of aliphatic hydroxyl groups excluding tert-OH is 1. The van der Waals surface area contributed by atoms with Crippen molar-refractivity contribution < 1.29 is 38.3 Å². The molecule has 0 unspecified atom stereocenters. The second kappa shape index (κ2) is 13.8. The van der Waals surface area contributed by atoms with Crippen LogP contribution in [0.15, 0.2) is 54.6 Å². The van der Waals surface area contributed by atoms with E-state index in [1.807, 2.05) is 0 Å². The predicted octanol–water partition coefficient (Wildman–Crippen LogP) is 1.33. The number of halogens is 1. The van der Waals surface area contributed by atoms with Crippen molar-refractivity contribution >= 4 is 5.69 Å². The molecule has 2 aromatic rings. The first-order valence-electron chi connectivity index (χ1n) is 10.5. The minimum absolute atomic E-state index is 0. The zero-order chi connectivity index (χ0) is 20.2. The average molecular weight is 512 g/mol. The summed E-state index contributed by atoms with van der Waals surface area (Å²) < 4.78 is 6.53. The van der Waals surface area contributed by atoms with Gasteiger partial charge in [0.15, 0.2) is 0 Å². The Labute approximate surface area is 194 Å². The molecular formula is C24H37IN2O2. The Morgan fingerprint density at radius 2 is 1.55 bits per heavy atom. The van der Waals surface area contributed by atoms with Crippen LogP contribution in [0.3, 0.4) is 0 Å². The van der Waals surface area contributed by atoms with Gasteiger partial charge in [0, 0.05) is 18.8 Å². The van der Waals surface area contributed by atoms with E-state index in [1.165, 1.54) is 54.6 Å². The summed E-state index contributed by atoms with van der Waals surface area (Å²) >= 11 is 0.